The van der Waals surface area contributed by atoms with Crippen molar-refractivity contribution in [2.45, 2.75) is 71.7 Å². The third-order valence-electron chi connectivity index (χ3n) is 2.58. The summed E-state index contributed by atoms with van der Waals surface area (Å²) in [4.78, 5) is 0. The van der Waals surface area contributed by atoms with E-state index in [0.717, 1.165) is 19.3 Å². The lowest BCUT2D eigenvalue weighted by atomic mass is 9.96. The van der Waals surface area contributed by atoms with Crippen LogP contribution in [0.4, 0.5) is 0 Å². The molecule has 0 heterocycles. The minimum absolute atomic E-state index is 0.000355. The number of unbranched alkanes of at least 4 members (excludes halogenated alkanes) is 1. The molecule has 1 nitrogen and oxygen atoms in total. The molecule has 0 aromatic rings. The van der Waals surface area contributed by atoms with Gasteiger partial charge in [0, 0.05) is 0 Å². The van der Waals surface area contributed by atoms with Crippen LogP contribution in [-0.4, -0.2) is 13.9 Å². The summed E-state index contributed by atoms with van der Waals surface area (Å²) in [5.41, 5.74) is -0.000355. The van der Waals surface area contributed by atoms with Gasteiger partial charge in [0.05, 0.1) is 5.60 Å². The van der Waals surface area contributed by atoms with Crippen LogP contribution in [0.5, 0.6) is 0 Å². The Kier molecular flexibility index (Phi) is 6.45. The van der Waals surface area contributed by atoms with E-state index in [4.69, 9.17) is 4.43 Å². The Morgan fingerprint density at radius 3 is 1.93 bits per heavy atom. The number of hydrogen-bond donors (Lipinski definition) is 0. The molecule has 0 saturated heterocycles. The van der Waals surface area contributed by atoms with Gasteiger partial charge in [0.15, 0.2) is 8.32 Å². The van der Waals surface area contributed by atoms with Gasteiger partial charge in [-0.25, -0.2) is 0 Å². The van der Waals surface area contributed by atoms with Crippen molar-refractivity contribution >= 4 is 8.32 Å². The predicted octanol–water partition coefficient (Wildman–Crippen LogP) is 4.75. The molecule has 0 radical (unpaired) electrons. The van der Waals surface area contributed by atoms with E-state index in [1.54, 1.807) is 0 Å². The van der Waals surface area contributed by atoms with Gasteiger partial charge in [-0.05, 0) is 38.9 Å². The normalized spacial score (nSPS) is 13.7. The molecular formula is C13H28OSi. The van der Waals surface area contributed by atoms with Gasteiger partial charge in [-0.2, -0.15) is 0 Å². The Morgan fingerprint density at radius 2 is 1.60 bits per heavy atom. The Bertz CT molecular complexity index is 187. The second-order valence-corrected chi connectivity index (χ2v) is 9.61. The van der Waals surface area contributed by atoms with E-state index in [1.807, 2.05) is 0 Å². The highest BCUT2D eigenvalue weighted by atomic mass is 28.4. The van der Waals surface area contributed by atoms with Crippen molar-refractivity contribution in [1.29, 1.82) is 0 Å². The molecule has 0 rings (SSSR count). The Hall–Kier alpha value is -0.0831. The first kappa shape index (κ1) is 14.9. The van der Waals surface area contributed by atoms with Crippen LogP contribution in [-0.2, 0) is 4.43 Å². The van der Waals surface area contributed by atoms with E-state index < -0.39 is 8.32 Å². The fraction of sp³-hybridized carbons (Fsp3) is 0.846. The van der Waals surface area contributed by atoms with Gasteiger partial charge in [-0.3, -0.25) is 0 Å². The maximum Gasteiger partial charge on any atom is 0.184 e. The maximum atomic E-state index is 6.32. The topological polar surface area (TPSA) is 9.23 Å². The van der Waals surface area contributed by atoms with Crippen LogP contribution >= 0.6 is 0 Å². The highest BCUT2D eigenvalue weighted by Gasteiger charge is 2.30. The molecule has 0 spiro atoms. The van der Waals surface area contributed by atoms with Crippen LogP contribution in [0.25, 0.3) is 0 Å². The van der Waals surface area contributed by atoms with Crippen molar-refractivity contribution in [3.05, 3.63) is 12.2 Å². The van der Waals surface area contributed by atoms with Gasteiger partial charge in [-0.15, -0.1) is 0 Å². The number of allylic oxidation sites excluding steroid dienone is 1. The molecule has 0 saturated carbocycles. The first-order valence-electron chi connectivity index (χ1n) is 6.27. The molecule has 90 valence electrons. The van der Waals surface area contributed by atoms with E-state index >= 15 is 0 Å². The van der Waals surface area contributed by atoms with Crippen molar-refractivity contribution in [1.82, 2.24) is 0 Å². The summed E-state index contributed by atoms with van der Waals surface area (Å²) in [5.74, 6) is 0. The monoisotopic (exact) mass is 228 g/mol. The standard InChI is InChI=1S/C13H28OSi/c1-7-10-11-12-13(8-2,9-3)14-15(4,5)6/h11-12H,7-10H2,1-6H3. The molecule has 0 bridgehead atoms. The average molecular weight is 228 g/mol. The Balaban J connectivity index is 4.57. The zero-order valence-electron chi connectivity index (χ0n) is 11.4. The molecule has 15 heavy (non-hydrogen) atoms. The molecule has 0 aliphatic rings. The third kappa shape index (κ3) is 6.16. The fourth-order valence-electron chi connectivity index (χ4n) is 1.74. The van der Waals surface area contributed by atoms with Gasteiger partial charge in [-0.1, -0.05) is 39.3 Å². The summed E-state index contributed by atoms with van der Waals surface area (Å²) in [6, 6.07) is 0. The highest BCUT2D eigenvalue weighted by Crippen LogP contribution is 2.27. The lowest BCUT2D eigenvalue weighted by Crippen LogP contribution is -2.40. The second-order valence-electron chi connectivity index (χ2n) is 5.18. The molecule has 0 fully saturated rings. The van der Waals surface area contributed by atoms with E-state index in [9.17, 15) is 0 Å². The summed E-state index contributed by atoms with van der Waals surface area (Å²) in [5, 5.41) is 0. The Morgan fingerprint density at radius 1 is 1.07 bits per heavy atom. The first-order valence-corrected chi connectivity index (χ1v) is 9.68. The average Bonchev–Trinajstić information content (AvgIpc) is 2.15. The molecule has 0 amide bonds. The largest absolute Gasteiger partial charge is 0.409 e. The third-order valence-corrected chi connectivity index (χ3v) is 3.60. The lowest BCUT2D eigenvalue weighted by Gasteiger charge is -2.35. The lowest BCUT2D eigenvalue weighted by molar-refractivity contribution is 0.103. The minimum atomic E-state index is -1.45. The van der Waals surface area contributed by atoms with Gasteiger partial charge in [0.2, 0.25) is 0 Å². The van der Waals surface area contributed by atoms with Crippen molar-refractivity contribution < 1.29 is 4.43 Å². The second kappa shape index (κ2) is 6.49. The van der Waals surface area contributed by atoms with E-state index in [2.05, 4.69) is 52.6 Å². The van der Waals surface area contributed by atoms with Crippen molar-refractivity contribution in [2.24, 2.45) is 0 Å². The van der Waals surface area contributed by atoms with Crippen molar-refractivity contribution in [3.8, 4) is 0 Å². The van der Waals surface area contributed by atoms with Crippen molar-refractivity contribution in [2.75, 3.05) is 0 Å². The van der Waals surface area contributed by atoms with Gasteiger partial charge < -0.3 is 4.43 Å². The smallest absolute Gasteiger partial charge is 0.184 e. The molecule has 2 heteroatoms. The van der Waals surface area contributed by atoms with Crippen LogP contribution in [0.1, 0.15) is 46.5 Å². The van der Waals surface area contributed by atoms with Crippen LogP contribution in [0, 0.1) is 0 Å². The van der Waals surface area contributed by atoms with Gasteiger partial charge in [0.25, 0.3) is 0 Å². The molecule has 0 atom stereocenters. The zero-order chi connectivity index (χ0) is 11.9. The quantitative estimate of drug-likeness (QED) is 0.451. The fourth-order valence-corrected chi connectivity index (χ4v) is 3.31. The van der Waals surface area contributed by atoms with Crippen LogP contribution in [0.15, 0.2) is 12.2 Å². The zero-order valence-corrected chi connectivity index (χ0v) is 12.4. The summed E-state index contributed by atoms with van der Waals surface area (Å²) in [6.45, 7) is 13.4. The van der Waals surface area contributed by atoms with E-state index in [1.165, 1.54) is 6.42 Å². The molecule has 0 N–H and O–H groups in total. The van der Waals surface area contributed by atoms with Crippen molar-refractivity contribution in [3.63, 3.8) is 0 Å². The van der Waals surface area contributed by atoms with E-state index in [0.29, 0.717) is 0 Å². The molecular weight excluding hydrogens is 200 g/mol. The van der Waals surface area contributed by atoms with Gasteiger partial charge in [0.1, 0.15) is 0 Å². The molecule has 0 aromatic carbocycles. The van der Waals surface area contributed by atoms with Crippen LogP contribution < -0.4 is 0 Å². The van der Waals surface area contributed by atoms with E-state index in [-0.39, 0.29) is 5.60 Å². The van der Waals surface area contributed by atoms with Crippen LogP contribution in [0.3, 0.4) is 0 Å². The first-order chi connectivity index (χ1) is 6.89. The number of hydrogen-bond acceptors (Lipinski definition) is 1. The van der Waals surface area contributed by atoms with Gasteiger partial charge >= 0.3 is 0 Å². The van der Waals surface area contributed by atoms with Crippen LogP contribution in [0.2, 0.25) is 19.6 Å². The highest BCUT2D eigenvalue weighted by molar-refractivity contribution is 6.69. The summed E-state index contributed by atoms with van der Waals surface area (Å²) in [7, 11) is -1.45. The molecule has 0 aliphatic heterocycles. The number of rotatable bonds is 7. The molecule has 0 aliphatic carbocycles. The summed E-state index contributed by atoms with van der Waals surface area (Å²) >= 11 is 0. The maximum absolute atomic E-state index is 6.32. The predicted molar refractivity (Wildman–Crippen MR) is 71.8 cm³/mol. The SMILES string of the molecule is CCCC=CC(CC)(CC)O[Si](C)(C)C. The summed E-state index contributed by atoms with van der Waals surface area (Å²) in [6.07, 6.45) is 9.12. The summed E-state index contributed by atoms with van der Waals surface area (Å²) < 4.78 is 6.32. The Labute approximate surface area is 97.0 Å². The molecule has 0 aromatic heterocycles. The minimum Gasteiger partial charge on any atom is -0.409 e. The molecule has 0 unspecified atom stereocenters.